The zero-order valence-corrected chi connectivity index (χ0v) is 18.5. The molecule has 0 atom stereocenters. The molecule has 9 heteroatoms. The van der Waals surface area contributed by atoms with Crippen LogP contribution in [-0.4, -0.2) is 30.2 Å². The SMILES string of the molecule is Cc1nn(C)c(C)c1NC(=O)c1cc(C(C)C)nc2c1c(=O)[nH]c(=O)n2CC(C)C. The number of nitrogens with one attached hydrogen (secondary N) is 2. The smallest absolute Gasteiger partial charge is 0.319 e. The highest BCUT2D eigenvalue weighted by Gasteiger charge is 2.22. The summed E-state index contributed by atoms with van der Waals surface area (Å²) in [4.78, 5) is 45.4. The lowest BCUT2D eigenvalue weighted by atomic mass is 10.0. The van der Waals surface area contributed by atoms with Crippen molar-refractivity contribution in [2.24, 2.45) is 13.0 Å². The third kappa shape index (κ3) is 3.79. The minimum atomic E-state index is -0.623. The number of fused-ring (bicyclic) bond motifs is 1. The molecule has 0 unspecified atom stereocenters. The Morgan fingerprint density at radius 3 is 2.40 bits per heavy atom. The molecule has 30 heavy (non-hydrogen) atoms. The average molecular weight is 412 g/mol. The monoisotopic (exact) mass is 412 g/mol. The molecule has 0 aromatic carbocycles. The van der Waals surface area contributed by atoms with Gasteiger partial charge in [-0.25, -0.2) is 9.78 Å². The molecular formula is C21H28N6O3. The number of aryl methyl sites for hydroxylation is 2. The fraction of sp³-hybridized carbons (Fsp3) is 0.476. The number of hydrogen-bond acceptors (Lipinski definition) is 5. The number of nitrogens with zero attached hydrogens (tertiary/aromatic N) is 4. The van der Waals surface area contributed by atoms with Gasteiger partial charge in [-0.15, -0.1) is 0 Å². The maximum Gasteiger partial charge on any atom is 0.330 e. The van der Waals surface area contributed by atoms with Gasteiger partial charge in [0.2, 0.25) is 0 Å². The van der Waals surface area contributed by atoms with Gasteiger partial charge in [-0.3, -0.25) is 23.8 Å². The van der Waals surface area contributed by atoms with Crippen LogP contribution in [0.25, 0.3) is 11.0 Å². The van der Waals surface area contributed by atoms with E-state index in [1.54, 1.807) is 24.7 Å². The predicted octanol–water partition coefficient (Wildman–Crippen LogP) is 2.47. The lowest BCUT2D eigenvalue weighted by Crippen LogP contribution is -2.33. The minimum Gasteiger partial charge on any atom is -0.319 e. The normalized spacial score (nSPS) is 11.6. The van der Waals surface area contributed by atoms with Crippen molar-refractivity contribution in [3.8, 4) is 0 Å². The molecule has 3 heterocycles. The van der Waals surface area contributed by atoms with E-state index in [0.717, 1.165) is 5.69 Å². The Labute approximate surface area is 174 Å². The number of anilines is 1. The number of rotatable bonds is 5. The highest BCUT2D eigenvalue weighted by atomic mass is 16.2. The van der Waals surface area contributed by atoms with Crippen molar-refractivity contribution >= 4 is 22.6 Å². The number of aromatic nitrogens is 5. The first-order chi connectivity index (χ1) is 14.0. The van der Waals surface area contributed by atoms with E-state index in [9.17, 15) is 14.4 Å². The Balaban J connectivity index is 2.28. The molecule has 0 saturated heterocycles. The van der Waals surface area contributed by atoms with Gasteiger partial charge >= 0.3 is 5.69 Å². The van der Waals surface area contributed by atoms with Crippen LogP contribution in [0.2, 0.25) is 0 Å². The third-order valence-corrected chi connectivity index (χ3v) is 5.10. The molecular weight excluding hydrogens is 384 g/mol. The number of H-pyrrole nitrogens is 1. The molecule has 0 fully saturated rings. The first kappa shape index (κ1) is 21.5. The summed E-state index contributed by atoms with van der Waals surface area (Å²) in [7, 11) is 1.80. The summed E-state index contributed by atoms with van der Waals surface area (Å²) >= 11 is 0. The summed E-state index contributed by atoms with van der Waals surface area (Å²) in [5, 5.41) is 7.31. The van der Waals surface area contributed by atoms with Crippen molar-refractivity contribution in [3.63, 3.8) is 0 Å². The number of carbonyl (C=O) groups excluding carboxylic acids is 1. The highest BCUT2D eigenvalue weighted by molar-refractivity contribution is 6.12. The summed E-state index contributed by atoms with van der Waals surface area (Å²) in [5.41, 5.74) is 1.98. The molecule has 1 amide bonds. The molecule has 9 nitrogen and oxygen atoms in total. The number of hydrogen-bond donors (Lipinski definition) is 2. The van der Waals surface area contributed by atoms with E-state index < -0.39 is 17.2 Å². The summed E-state index contributed by atoms with van der Waals surface area (Å²) < 4.78 is 3.12. The van der Waals surface area contributed by atoms with Crippen LogP contribution in [0, 0.1) is 19.8 Å². The summed E-state index contributed by atoms with van der Waals surface area (Å²) in [6.07, 6.45) is 0. The van der Waals surface area contributed by atoms with E-state index in [1.165, 1.54) is 4.57 Å². The van der Waals surface area contributed by atoms with E-state index >= 15 is 0 Å². The van der Waals surface area contributed by atoms with Crippen LogP contribution in [0.5, 0.6) is 0 Å². The molecule has 3 aromatic rings. The first-order valence-electron chi connectivity index (χ1n) is 10.0. The Bertz CT molecular complexity index is 1250. The maximum atomic E-state index is 13.3. The van der Waals surface area contributed by atoms with Gasteiger partial charge in [0, 0.05) is 19.3 Å². The first-order valence-corrected chi connectivity index (χ1v) is 10.0. The second kappa shape index (κ2) is 7.89. The van der Waals surface area contributed by atoms with Gasteiger partial charge < -0.3 is 5.32 Å². The number of amides is 1. The summed E-state index contributed by atoms with van der Waals surface area (Å²) in [6.45, 7) is 11.9. The molecule has 0 aliphatic heterocycles. The van der Waals surface area contributed by atoms with Crippen LogP contribution < -0.4 is 16.6 Å². The zero-order valence-electron chi connectivity index (χ0n) is 18.5. The highest BCUT2D eigenvalue weighted by Crippen LogP contribution is 2.23. The summed E-state index contributed by atoms with van der Waals surface area (Å²) in [5.74, 6) is -0.285. The molecule has 0 bridgehead atoms. The van der Waals surface area contributed by atoms with E-state index in [1.807, 2.05) is 34.6 Å². The van der Waals surface area contributed by atoms with Gasteiger partial charge in [0.05, 0.1) is 28.0 Å². The maximum absolute atomic E-state index is 13.3. The van der Waals surface area contributed by atoms with Crippen molar-refractivity contribution in [1.82, 2.24) is 24.3 Å². The molecule has 3 aromatic heterocycles. The Hall–Kier alpha value is -3.23. The van der Waals surface area contributed by atoms with Crippen LogP contribution in [0.3, 0.4) is 0 Å². The Morgan fingerprint density at radius 1 is 1.20 bits per heavy atom. The van der Waals surface area contributed by atoms with E-state index in [4.69, 9.17) is 0 Å². The average Bonchev–Trinajstić information content (AvgIpc) is 2.89. The van der Waals surface area contributed by atoms with Crippen molar-refractivity contribution < 1.29 is 4.79 Å². The van der Waals surface area contributed by atoms with Gasteiger partial charge in [-0.05, 0) is 31.7 Å². The number of pyridine rings is 1. The number of aromatic amines is 1. The minimum absolute atomic E-state index is 0.00436. The van der Waals surface area contributed by atoms with Crippen molar-refractivity contribution in [2.75, 3.05) is 5.32 Å². The van der Waals surface area contributed by atoms with Gasteiger partial charge in [-0.2, -0.15) is 5.10 Å². The molecule has 2 N–H and O–H groups in total. The van der Waals surface area contributed by atoms with Crippen LogP contribution in [0.1, 0.15) is 61.1 Å². The fourth-order valence-electron chi connectivity index (χ4n) is 3.44. The molecule has 160 valence electrons. The zero-order chi connectivity index (χ0) is 22.3. The molecule has 0 saturated carbocycles. The fourth-order valence-corrected chi connectivity index (χ4v) is 3.44. The van der Waals surface area contributed by atoms with E-state index in [2.05, 4.69) is 20.4 Å². The quantitative estimate of drug-likeness (QED) is 0.668. The van der Waals surface area contributed by atoms with Crippen LogP contribution >= 0.6 is 0 Å². The lowest BCUT2D eigenvalue weighted by molar-refractivity contribution is 0.102. The van der Waals surface area contributed by atoms with Crippen molar-refractivity contribution in [1.29, 1.82) is 0 Å². The van der Waals surface area contributed by atoms with Crippen LogP contribution in [0.4, 0.5) is 5.69 Å². The predicted molar refractivity (Wildman–Crippen MR) is 116 cm³/mol. The van der Waals surface area contributed by atoms with Crippen molar-refractivity contribution in [3.05, 3.63) is 49.5 Å². The van der Waals surface area contributed by atoms with Gasteiger partial charge in [0.25, 0.3) is 11.5 Å². The standard InChI is InChI=1S/C21H28N6O3/c1-10(2)9-27-18-16(20(29)24-21(27)30)14(8-15(22-18)11(3)4)19(28)23-17-12(5)25-26(7)13(17)6/h8,10-11H,9H2,1-7H3,(H,23,28)(H,24,29,30). The second-order valence-corrected chi connectivity index (χ2v) is 8.34. The van der Waals surface area contributed by atoms with Gasteiger partial charge in [0.15, 0.2) is 5.65 Å². The topological polar surface area (TPSA) is 115 Å². The molecule has 0 aliphatic carbocycles. The van der Waals surface area contributed by atoms with Crippen LogP contribution in [0.15, 0.2) is 15.7 Å². The second-order valence-electron chi connectivity index (χ2n) is 8.34. The van der Waals surface area contributed by atoms with E-state index in [0.29, 0.717) is 23.6 Å². The van der Waals surface area contributed by atoms with Gasteiger partial charge in [0.1, 0.15) is 0 Å². The van der Waals surface area contributed by atoms with Crippen LogP contribution in [-0.2, 0) is 13.6 Å². The summed E-state index contributed by atoms with van der Waals surface area (Å²) in [6, 6.07) is 1.63. The van der Waals surface area contributed by atoms with E-state index in [-0.39, 0.29) is 28.4 Å². The molecule has 3 rings (SSSR count). The lowest BCUT2D eigenvalue weighted by Gasteiger charge is -2.16. The number of carbonyl (C=O) groups is 1. The third-order valence-electron chi connectivity index (χ3n) is 5.10. The largest absolute Gasteiger partial charge is 0.330 e. The molecule has 0 aliphatic rings. The van der Waals surface area contributed by atoms with Crippen molar-refractivity contribution in [2.45, 2.75) is 54.0 Å². The molecule has 0 radical (unpaired) electrons. The Kier molecular flexibility index (Phi) is 5.65. The van der Waals surface area contributed by atoms with Gasteiger partial charge in [-0.1, -0.05) is 27.7 Å². The Morgan fingerprint density at radius 2 is 1.87 bits per heavy atom. The molecule has 0 spiro atoms.